The topological polar surface area (TPSA) is 56.1 Å². The predicted molar refractivity (Wildman–Crippen MR) is 84.6 cm³/mol. The Morgan fingerprint density at radius 2 is 1.91 bits per heavy atom. The van der Waals surface area contributed by atoms with Crippen molar-refractivity contribution in [3.63, 3.8) is 0 Å². The average Bonchev–Trinajstić information content (AvgIpc) is 3.11. The van der Waals surface area contributed by atoms with Gasteiger partial charge in [-0.25, -0.2) is 9.97 Å². The Labute approximate surface area is 129 Å². The summed E-state index contributed by atoms with van der Waals surface area (Å²) in [4.78, 5) is 11.7. The third-order valence-corrected chi connectivity index (χ3v) is 4.81. The number of rotatable bonds is 3. The third-order valence-electron chi connectivity index (χ3n) is 4.81. The Hall–Kier alpha value is -1.95. The van der Waals surface area contributed by atoms with Crippen molar-refractivity contribution in [1.29, 1.82) is 0 Å². The van der Waals surface area contributed by atoms with Crippen LogP contribution in [0.4, 0.5) is 5.82 Å². The summed E-state index contributed by atoms with van der Waals surface area (Å²) in [5.41, 5.74) is 0.880. The summed E-state index contributed by atoms with van der Waals surface area (Å²) in [6.07, 6.45) is 8.89. The van der Waals surface area contributed by atoms with Crippen LogP contribution in [0.25, 0.3) is 11.0 Å². The lowest BCUT2D eigenvalue weighted by Gasteiger charge is -2.18. The minimum Gasteiger partial charge on any atom is -0.377 e. The number of fused-ring (bicyclic) bond motifs is 2. The minimum absolute atomic E-state index is 0.427. The zero-order chi connectivity index (χ0) is 15.1. The molecule has 0 spiro atoms. The Kier molecular flexibility index (Phi) is 3.33. The van der Waals surface area contributed by atoms with E-state index in [9.17, 15) is 0 Å². The van der Waals surface area contributed by atoms with Crippen molar-refractivity contribution in [1.82, 2.24) is 19.7 Å². The molecular weight excluding hydrogens is 278 g/mol. The Morgan fingerprint density at radius 3 is 2.59 bits per heavy atom. The second-order valence-corrected chi connectivity index (χ2v) is 6.27. The molecule has 6 nitrogen and oxygen atoms in total. The van der Waals surface area contributed by atoms with Crippen molar-refractivity contribution >= 4 is 16.9 Å². The third kappa shape index (κ3) is 2.18. The van der Waals surface area contributed by atoms with Crippen molar-refractivity contribution in [2.45, 2.75) is 19.4 Å². The molecule has 2 aliphatic rings. The van der Waals surface area contributed by atoms with E-state index in [0.717, 1.165) is 47.6 Å². The second-order valence-electron chi connectivity index (χ2n) is 6.27. The fourth-order valence-electron chi connectivity index (χ4n) is 3.67. The van der Waals surface area contributed by atoms with E-state index >= 15 is 0 Å². The smallest absolute Gasteiger partial charge is 0.163 e. The number of allylic oxidation sites excluding steroid dienone is 2. The molecule has 2 atom stereocenters. The van der Waals surface area contributed by atoms with Crippen molar-refractivity contribution in [3.8, 4) is 0 Å². The molecule has 1 aliphatic carbocycles. The van der Waals surface area contributed by atoms with Crippen LogP contribution in [0.2, 0.25) is 0 Å². The van der Waals surface area contributed by atoms with E-state index in [1.807, 2.05) is 17.9 Å². The fourth-order valence-corrected chi connectivity index (χ4v) is 3.67. The van der Waals surface area contributed by atoms with Crippen LogP contribution in [0.5, 0.6) is 0 Å². The van der Waals surface area contributed by atoms with Crippen LogP contribution in [0.3, 0.4) is 0 Å². The summed E-state index contributed by atoms with van der Waals surface area (Å²) in [6, 6.07) is 0. The number of aryl methyl sites for hydroxylation is 1. The minimum atomic E-state index is 0.427. The monoisotopic (exact) mass is 299 g/mol. The molecule has 2 aromatic heterocycles. The first-order chi connectivity index (χ1) is 10.8. The lowest BCUT2D eigenvalue weighted by atomic mass is 9.86. The van der Waals surface area contributed by atoms with Gasteiger partial charge in [-0.2, -0.15) is 5.10 Å². The van der Waals surface area contributed by atoms with Gasteiger partial charge in [0.25, 0.3) is 0 Å². The molecule has 2 aromatic rings. The van der Waals surface area contributed by atoms with Crippen molar-refractivity contribution < 1.29 is 4.74 Å². The maximum Gasteiger partial charge on any atom is 0.163 e. The highest BCUT2D eigenvalue weighted by Crippen LogP contribution is 2.36. The summed E-state index contributed by atoms with van der Waals surface area (Å²) < 4.78 is 7.03. The van der Waals surface area contributed by atoms with Crippen molar-refractivity contribution in [2.75, 3.05) is 25.1 Å². The van der Waals surface area contributed by atoms with E-state index in [0.29, 0.717) is 6.61 Å². The first kappa shape index (κ1) is 13.7. The zero-order valence-corrected chi connectivity index (χ0v) is 13.1. The highest BCUT2D eigenvalue weighted by Gasteiger charge is 2.34. The number of methoxy groups -OCH3 is 1. The van der Waals surface area contributed by atoms with Crippen LogP contribution >= 0.6 is 0 Å². The zero-order valence-electron chi connectivity index (χ0n) is 13.1. The number of hydrogen-bond donors (Lipinski definition) is 0. The number of aromatic nitrogens is 4. The van der Waals surface area contributed by atoms with Gasteiger partial charge in [-0.05, 0) is 24.7 Å². The molecule has 4 rings (SSSR count). The average molecular weight is 299 g/mol. The van der Waals surface area contributed by atoms with Crippen molar-refractivity contribution in [2.24, 2.45) is 18.9 Å². The summed E-state index contributed by atoms with van der Waals surface area (Å²) in [7, 11) is 3.59. The van der Waals surface area contributed by atoms with E-state index < -0.39 is 0 Å². The maximum atomic E-state index is 5.22. The number of anilines is 1. The molecule has 6 heteroatoms. The lowest BCUT2D eigenvalue weighted by Crippen LogP contribution is -2.22. The highest BCUT2D eigenvalue weighted by atomic mass is 16.5. The van der Waals surface area contributed by atoms with Crippen LogP contribution in [0, 0.1) is 11.8 Å². The van der Waals surface area contributed by atoms with Gasteiger partial charge in [0.2, 0.25) is 0 Å². The fraction of sp³-hybridized carbons (Fsp3) is 0.562. The first-order valence-electron chi connectivity index (χ1n) is 7.83. The van der Waals surface area contributed by atoms with E-state index in [-0.39, 0.29) is 0 Å². The number of hydrogen-bond acceptors (Lipinski definition) is 5. The molecule has 3 heterocycles. The standard InChI is InChI=1S/C16H21N5O/c1-20-15-13(7-17-20)16(19-14(18-15)10-22-2)21-8-11-5-3-4-6-12(11)9-21/h3-4,7,11-12H,5-6,8-10H2,1-2H3/t11-,12+. The molecule has 0 aromatic carbocycles. The van der Waals surface area contributed by atoms with Gasteiger partial charge >= 0.3 is 0 Å². The predicted octanol–water partition coefficient (Wildman–Crippen LogP) is 1.91. The van der Waals surface area contributed by atoms with Crippen molar-refractivity contribution in [3.05, 3.63) is 24.2 Å². The Balaban J connectivity index is 1.74. The van der Waals surface area contributed by atoms with Crippen LogP contribution in [-0.2, 0) is 18.4 Å². The molecule has 0 bridgehead atoms. The van der Waals surface area contributed by atoms with Crippen LogP contribution in [0.1, 0.15) is 18.7 Å². The summed E-state index contributed by atoms with van der Waals surface area (Å²) in [6.45, 7) is 2.57. The molecule has 22 heavy (non-hydrogen) atoms. The van der Waals surface area contributed by atoms with Gasteiger partial charge < -0.3 is 9.64 Å². The maximum absolute atomic E-state index is 5.22. The normalized spacial score (nSPS) is 24.2. The van der Waals surface area contributed by atoms with Gasteiger partial charge in [0.1, 0.15) is 12.4 Å². The highest BCUT2D eigenvalue weighted by molar-refractivity contribution is 5.87. The molecule has 0 unspecified atom stereocenters. The largest absolute Gasteiger partial charge is 0.377 e. The molecule has 0 amide bonds. The van der Waals surface area contributed by atoms with Crippen LogP contribution < -0.4 is 4.90 Å². The molecule has 116 valence electrons. The van der Waals surface area contributed by atoms with E-state index in [2.05, 4.69) is 27.1 Å². The van der Waals surface area contributed by atoms with E-state index in [4.69, 9.17) is 9.72 Å². The quantitative estimate of drug-likeness (QED) is 0.810. The molecule has 0 N–H and O–H groups in total. The van der Waals surface area contributed by atoms with Gasteiger partial charge in [-0.15, -0.1) is 0 Å². The number of nitrogens with zero attached hydrogens (tertiary/aromatic N) is 5. The Bertz CT molecular complexity index is 707. The van der Waals surface area contributed by atoms with Gasteiger partial charge in [0.05, 0.1) is 11.6 Å². The molecular formula is C16H21N5O. The van der Waals surface area contributed by atoms with Gasteiger partial charge in [-0.1, -0.05) is 12.2 Å². The van der Waals surface area contributed by atoms with Gasteiger partial charge in [0, 0.05) is 27.2 Å². The molecule has 0 radical (unpaired) electrons. The number of ether oxygens (including phenoxy) is 1. The first-order valence-corrected chi connectivity index (χ1v) is 7.83. The van der Waals surface area contributed by atoms with E-state index in [1.165, 1.54) is 12.8 Å². The molecule has 1 aliphatic heterocycles. The van der Waals surface area contributed by atoms with Crippen LogP contribution in [-0.4, -0.2) is 39.9 Å². The molecule has 1 saturated heterocycles. The Morgan fingerprint density at radius 1 is 1.18 bits per heavy atom. The summed E-state index contributed by atoms with van der Waals surface area (Å²) in [5, 5.41) is 5.39. The van der Waals surface area contributed by atoms with Crippen LogP contribution in [0.15, 0.2) is 18.3 Å². The lowest BCUT2D eigenvalue weighted by molar-refractivity contribution is 0.178. The molecule has 0 saturated carbocycles. The summed E-state index contributed by atoms with van der Waals surface area (Å²) >= 11 is 0. The second kappa shape index (κ2) is 5.35. The van der Waals surface area contributed by atoms with E-state index in [1.54, 1.807) is 7.11 Å². The SMILES string of the molecule is COCc1nc(N2C[C@H]3CC=CC[C@H]3C2)c2cnn(C)c2n1. The summed E-state index contributed by atoms with van der Waals surface area (Å²) in [5.74, 6) is 3.23. The van der Waals surface area contributed by atoms with Gasteiger partial charge in [0.15, 0.2) is 11.5 Å². The van der Waals surface area contributed by atoms with Gasteiger partial charge in [-0.3, -0.25) is 4.68 Å². The molecule has 1 fully saturated rings.